The highest BCUT2D eigenvalue weighted by Crippen LogP contribution is 2.13. The van der Waals surface area contributed by atoms with E-state index in [-0.39, 0.29) is 11.8 Å². The first-order valence-corrected chi connectivity index (χ1v) is 7.81. The van der Waals surface area contributed by atoms with Crippen LogP contribution in [0.2, 0.25) is 0 Å². The highest BCUT2D eigenvalue weighted by atomic mass is 32.2. The summed E-state index contributed by atoms with van der Waals surface area (Å²) in [5.74, 6) is 0.191. The number of aryl methyl sites for hydroxylation is 1. The molecule has 5 heteroatoms. The Morgan fingerprint density at radius 1 is 1.47 bits per heavy atom. The van der Waals surface area contributed by atoms with Crippen LogP contribution in [0.1, 0.15) is 18.1 Å². The highest BCUT2D eigenvalue weighted by Gasteiger charge is 2.10. The molecule has 15 heavy (non-hydrogen) atoms. The highest BCUT2D eigenvalue weighted by molar-refractivity contribution is 7.90. The summed E-state index contributed by atoms with van der Waals surface area (Å²) in [6.45, 7) is 4.70. The lowest BCUT2D eigenvalue weighted by molar-refractivity contribution is 0.560. The Labute approximate surface area is 95.4 Å². The Morgan fingerprint density at radius 3 is 2.60 bits per heavy atom. The van der Waals surface area contributed by atoms with Crippen molar-refractivity contribution in [3.05, 3.63) is 21.9 Å². The standard InChI is InChI=1S/C10H17NO2S2/c1-8-5-14-6-10(8)4-11-9(2)7-15(3,12)13/h5-6,9,11H,4,7H2,1-3H3. The molecule has 0 amide bonds. The molecule has 0 saturated heterocycles. The molecule has 1 N–H and O–H groups in total. The van der Waals surface area contributed by atoms with E-state index < -0.39 is 9.84 Å². The van der Waals surface area contributed by atoms with E-state index in [1.54, 1.807) is 11.3 Å². The van der Waals surface area contributed by atoms with Gasteiger partial charge in [-0.25, -0.2) is 8.42 Å². The summed E-state index contributed by atoms with van der Waals surface area (Å²) in [5.41, 5.74) is 2.51. The summed E-state index contributed by atoms with van der Waals surface area (Å²) in [7, 11) is -2.88. The summed E-state index contributed by atoms with van der Waals surface area (Å²) in [5, 5.41) is 7.40. The van der Waals surface area contributed by atoms with E-state index in [0.29, 0.717) is 0 Å². The number of hydrogen-bond acceptors (Lipinski definition) is 4. The monoisotopic (exact) mass is 247 g/mol. The molecular formula is C10H17NO2S2. The number of rotatable bonds is 5. The molecule has 0 radical (unpaired) electrons. The third kappa shape index (κ3) is 4.77. The lowest BCUT2D eigenvalue weighted by Crippen LogP contribution is -2.32. The van der Waals surface area contributed by atoms with Crippen molar-refractivity contribution in [1.82, 2.24) is 5.32 Å². The minimum Gasteiger partial charge on any atom is -0.309 e. The van der Waals surface area contributed by atoms with Crippen molar-refractivity contribution in [3.63, 3.8) is 0 Å². The van der Waals surface area contributed by atoms with Crippen molar-refractivity contribution in [3.8, 4) is 0 Å². The second kappa shape index (κ2) is 5.09. The molecule has 0 aliphatic heterocycles. The van der Waals surface area contributed by atoms with E-state index >= 15 is 0 Å². The van der Waals surface area contributed by atoms with Crippen molar-refractivity contribution < 1.29 is 8.42 Å². The van der Waals surface area contributed by atoms with Crippen LogP contribution in [0.3, 0.4) is 0 Å². The maximum Gasteiger partial charge on any atom is 0.148 e. The van der Waals surface area contributed by atoms with E-state index in [2.05, 4.69) is 23.0 Å². The normalized spacial score (nSPS) is 14.1. The zero-order valence-electron chi connectivity index (χ0n) is 9.28. The molecule has 0 bridgehead atoms. The molecule has 0 aliphatic carbocycles. The summed E-state index contributed by atoms with van der Waals surface area (Å²) in [6.07, 6.45) is 1.26. The maximum absolute atomic E-state index is 11.0. The van der Waals surface area contributed by atoms with Crippen LogP contribution in [0, 0.1) is 6.92 Å². The van der Waals surface area contributed by atoms with Gasteiger partial charge < -0.3 is 5.32 Å². The quantitative estimate of drug-likeness (QED) is 0.859. The van der Waals surface area contributed by atoms with Gasteiger partial charge in [-0.2, -0.15) is 11.3 Å². The molecule has 0 saturated carbocycles. The number of sulfone groups is 1. The molecule has 0 fully saturated rings. The van der Waals surface area contributed by atoms with Crippen LogP contribution in [0.4, 0.5) is 0 Å². The fraction of sp³-hybridized carbons (Fsp3) is 0.600. The molecule has 3 nitrogen and oxygen atoms in total. The van der Waals surface area contributed by atoms with Crippen molar-refractivity contribution in [2.75, 3.05) is 12.0 Å². The molecule has 1 aromatic rings. The molecule has 1 heterocycles. The molecule has 1 aromatic heterocycles. The zero-order chi connectivity index (χ0) is 11.5. The van der Waals surface area contributed by atoms with Crippen molar-refractivity contribution in [2.45, 2.75) is 26.4 Å². The van der Waals surface area contributed by atoms with E-state index in [9.17, 15) is 8.42 Å². The van der Waals surface area contributed by atoms with Gasteiger partial charge in [0.15, 0.2) is 0 Å². The fourth-order valence-electron chi connectivity index (χ4n) is 1.37. The largest absolute Gasteiger partial charge is 0.309 e. The SMILES string of the molecule is Cc1cscc1CNC(C)CS(C)(=O)=O. The molecular weight excluding hydrogens is 230 g/mol. The lowest BCUT2D eigenvalue weighted by Gasteiger charge is -2.12. The van der Waals surface area contributed by atoms with Crippen LogP contribution in [-0.2, 0) is 16.4 Å². The van der Waals surface area contributed by atoms with Gasteiger partial charge in [0.05, 0.1) is 5.75 Å². The number of nitrogens with one attached hydrogen (secondary N) is 1. The lowest BCUT2D eigenvalue weighted by atomic mass is 10.2. The second-order valence-corrected chi connectivity index (χ2v) is 6.88. The van der Waals surface area contributed by atoms with Crippen molar-refractivity contribution in [2.24, 2.45) is 0 Å². The molecule has 0 aliphatic rings. The first-order valence-electron chi connectivity index (χ1n) is 4.81. The van der Waals surface area contributed by atoms with Crippen LogP contribution in [0.15, 0.2) is 10.8 Å². The van der Waals surface area contributed by atoms with E-state index in [0.717, 1.165) is 6.54 Å². The summed E-state index contributed by atoms with van der Waals surface area (Å²) >= 11 is 1.67. The minimum atomic E-state index is -2.88. The molecule has 1 atom stereocenters. The van der Waals surface area contributed by atoms with E-state index in [4.69, 9.17) is 0 Å². The van der Waals surface area contributed by atoms with Crippen LogP contribution >= 0.6 is 11.3 Å². The van der Waals surface area contributed by atoms with Crippen molar-refractivity contribution in [1.29, 1.82) is 0 Å². The second-order valence-electron chi connectivity index (χ2n) is 3.95. The van der Waals surface area contributed by atoms with Gasteiger partial charge in [0, 0.05) is 18.8 Å². The average molecular weight is 247 g/mol. The molecule has 1 rings (SSSR count). The maximum atomic E-state index is 11.0. The molecule has 0 spiro atoms. The molecule has 86 valence electrons. The molecule has 1 unspecified atom stereocenters. The van der Waals surface area contributed by atoms with Gasteiger partial charge in [0.2, 0.25) is 0 Å². The topological polar surface area (TPSA) is 46.2 Å². The number of thiophene rings is 1. The Bertz CT molecular complexity index is 409. The van der Waals surface area contributed by atoms with Gasteiger partial charge in [-0.15, -0.1) is 0 Å². The fourth-order valence-corrected chi connectivity index (χ4v) is 3.25. The third-order valence-corrected chi connectivity index (χ3v) is 4.17. The van der Waals surface area contributed by atoms with E-state index in [1.807, 2.05) is 6.92 Å². The van der Waals surface area contributed by atoms with Gasteiger partial charge in [-0.1, -0.05) is 0 Å². The predicted octanol–water partition coefficient (Wildman–Crippen LogP) is 1.58. The van der Waals surface area contributed by atoms with Crippen LogP contribution in [-0.4, -0.2) is 26.5 Å². The summed E-state index contributed by atoms with van der Waals surface area (Å²) in [4.78, 5) is 0. The van der Waals surface area contributed by atoms with Gasteiger partial charge in [-0.05, 0) is 35.7 Å². The van der Waals surface area contributed by atoms with Crippen molar-refractivity contribution >= 4 is 21.2 Å². The molecule has 0 aromatic carbocycles. The van der Waals surface area contributed by atoms with Gasteiger partial charge >= 0.3 is 0 Å². The van der Waals surface area contributed by atoms with Gasteiger partial charge in [0.1, 0.15) is 9.84 Å². The average Bonchev–Trinajstić information content (AvgIpc) is 2.44. The first kappa shape index (κ1) is 12.7. The van der Waals surface area contributed by atoms with Crippen LogP contribution < -0.4 is 5.32 Å². The van der Waals surface area contributed by atoms with Gasteiger partial charge in [-0.3, -0.25) is 0 Å². The van der Waals surface area contributed by atoms with Crippen LogP contribution in [0.25, 0.3) is 0 Å². The smallest absolute Gasteiger partial charge is 0.148 e. The summed E-state index contributed by atoms with van der Waals surface area (Å²) in [6, 6.07) is -0.000648. The zero-order valence-corrected chi connectivity index (χ0v) is 10.9. The Kier molecular flexibility index (Phi) is 4.31. The third-order valence-electron chi connectivity index (χ3n) is 2.16. The van der Waals surface area contributed by atoms with Crippen LogP contribution in [0.5, 0.6) is 0 Å². The predicted molar refractivity (Wildman–Crippen MR) is 65.1 cm³/mol. The Morgan fingerprint density at radius 2 is 2.13 bits per heavy atom. The Balaban J connectivity index is 2.41. The number of hydrogen-bond donors (Lipinski definition) is 1. The summed E-state index contributed by atoms with van der Waals surface area (Å²) < 4.78 is 22.1. The van der Waals surface area contributed by atoms with Gasteiger partial charge in [0.25, 0.3) is 0 Å². The minimum absolute atomic E-state index is 0.000648. The van der Waals surface area contributed by atoms with E-state index in [1.165, 1.54) is 17.4 Å². The Hall–Kier alpha value is -0.390. The first-order chi connectivity index (χ1) is 6.88.